The molecule has 11 heteroatoms. The minimum Gasteiger partial charge on any atom is -0.351 e. The lowest BCUT2D eigenvalue weighted by molar-refractivity contribution is -0.137. The Morgan fingerprint density at radius 2 is 1.90 bits per heavy atom. The minimum atomic E-state index is -4.47. The van der Waals surface area contributed by atoms with Crippen molar-refractivity contribution in [2.24, 2.45) is 12.8 Å². The molecule has 2 heterocycles. The second-order valence-corrected chi connectivity index (χ2v) is 10.3. The van der Waals surface area contributed by atoms with Crippen LogP contribution in [-0.2, 0) is 30.9 Å². The largest absolute Gasteiger partial charge is 0.416 e. The number of amides is 1. The molecule has 0 unspecified atom stereocenters. The van der Waals surface area contributed by atoms with Gasteiger partial charge < -0.3 is 16.4 Å². The second kappa shape index (κ2) is 11.2. The number of alkyl halides is 3. The highest BCUT2D eigenvalue weighted by Gasteiger charge is 2.30. The summed E-state index contributed by atoms with van der Waals surface area (Å²) in [5, 5.41) is 11.5. The van der Waals surface area contributed by atoms with Gasteiger partial charge in [-0.25, -0.2) is 9.97 Å². The first-order chi connectivity index (χ1) is 19.1. The molecule has 40 heavy (non-hydrogen) atoms. The summed E-state index contributed by atoms with van der Waals surface area (Å²) in [5.41, 5.74) is 9.11. The van der Waals surface area contributed by atoms with Gasteiger partial charge in [0.1, 0.15) is 0 Å². The number of halogens is 3. The zero-order chi connectivity index (χ0) is 28.4. The monoisotopic (exact) mass is 551 g/mol. The summed E-state index contributed by atoms with van der Waals surface area (Å²) in [6.45, 7) is 2.07. The Bertz CT molecular complexity index is 1520. The summed E-state index contributed by atoms with van der Waals surface area (Å²) in [5.74, 6) is 0.474. The molecule has 4 N–H and O–H groups in total. The van der Waals surface area contributed by atoms with E-state index in [2.05, 4.69) is 33.7 Å². The van der Waals surface area contributed by atoms with Gasteiger partial charge in [-0.2, -0.15) is 18.3 Å². The van der Waals surface area contributed by atoms with Crippen molar-refractivity contribution in [3.8, 4) is 11.3 Å². The Morgan fingerprint density at radius 3 is 2.62 bits per heavy atom. The van der Waals surface area contributed by atoms with Gasteiger partial charge in [0, 0.05) is 42.3 Å². The zero-order valence-electron chi connectivity index (χ0n) is 22.4. The number of nitrogens with two attached hydrogens (primary N) is 1. The van der Waals surface area contributed by atoms with Crippen LogP contribution in [0.5, 0.6) is 0 Å². The van der Waals surface area contributed by atoms with Crippen LogP contribution in [0.25, 0.3) is 22.2 Å². The summed E-state index contributed by atoms with van der Waals surface area (Å²) >= 11 is 0. The third-order valence-electron chi connectivity index (χ3n) is 7.31. The van der Waals surface area contributed by atoms with Crippen molar-refractivity contribution >= 4 is 28.6 Å². The summed E-state index contributed by atoms with van der Waals surface area (Å²) in [4.78, 5) is 22.0. The molecule has 2 aromatic carbocycles. The van der Waals surface area contributed by atoms with Crippen LogP contribution in [0.2, 0.25) is 0 Å². The van der Waals surface area contributed by atoms with Crippen molar-refractivity contribution in [1.29, 1.82) is 0 Å². The molecule has 0 atom stereocenters. The fourth-order valence-corrected chi connectivity index (χ4v) is 5.18. The topological polar surface area (TPSA) is 111 Å². The minimum absolute atomic E-state index is 0.201. The lowest BCUT2D eigenvalue weighted by Gasteiger charge is -2.26. The van der Waals surface area contributed by atoms with Crippen LogP contribution >= 0.6 is 0 Å². The normalized spacial score (nSPS) is 17.6. The number of anilines is 2. The Balaban J connectivity index is 1.33. The van der Waals surface area contributed by atoms with Gasteiger partial charge in [0.15, 0.2) is 5.82 Å². The number of carbonyl (C=O) groups excluding carboxylic acids is 1. The van der Waals surface area contributed by atoms with Crippen molar-refractivity contribution in [1.82, 2.24) is 19.7 Å². The van der Waals surface area contributed by atoms with Gasteiger partial charge >= 0.3 is 6.18 Å². The smallest absolute Gasteiger partial charge is 0.351 e. The van der Waals surface area contributed by atoms with E-state index >= 15 is 0 Å². The molecule has 8 nitrogen and oxygen atoms in total. The van der Waals surface area contributed by atoms with Crippen molar-refractivity contribution in [3.63, 3.8) is 0 Å². The van der Waals surface area contributed by atoms with Crippen LogP contribution in [0.4, 0.5) is 24.9 Å². The molecular formula is C29H32F3N7O. The average Bonchev–Trinajstić information content (AvgIpc) is 3.28. The predicted octanol–water partition coefficient (Wildman–Crippen LogP) is 5.47. The summed E-state index contributed by atoms with van der Waals surface area (Å²) in [6.07, 6.45) is 1.90. The molecule has 0 aliphatic heterocycles. The molecule has 1 fully saturated rings. The Kier molecular flexibility index (Phi) is 7.75. The number of aromatic nitrogens is 4. The molecule has 0 saturated heterocycles. The van der Waals surface area contributed by atoms with Gasteiger partial charge in [0.25, 0.3) is 0 Å². The summed E-state index contributed by atoms with van der Waals surface area (Å²) in [7, 11) is 1.77. The zero-order valence-corrected chi connectivity index (χ0v) is 22.4. The first-order valence-electron chi connectivity index (χ1n) is 13.4. The van der Waals surface area contributed by atoms with Gasteiger partial charge in [-0.15, -0.1) is 0 Å². The first-order valence-corrected chi connectivity index (χ1v) is 13.4. The lowest BCUT2D eigenvalue weighted by Crippen LogP contribution is -2.33. The highest BCUT2D eigenvalue weighted by molar-refractivity contribution is 5.92. The molecule has 0 radical (unpaired) electrons. The lowest BCUT2D eigenvalue weighted by atomic mass is 9.92. The van der Waals surface area contributed by atoms with Crippen LogP contribution in [0.1, 0.15) is 49.3 Å². The van der Waals surface area contributed by atoms with E-state index in [1.807, 2.05) is 12.3 Å². The molecule has 1 saturated carbocycles. The van der Waals surface area contributed by atoms with Gasteiger partial charge in [-0.05, 0) is 61.4 Å². The number of nitrogens with one attached hydrogen (secondary N) is 2. The number of hydrogen-bond acceptors (Lipinski definition) is 6. The van der Waals surface area contributed by atoms with E-state index in [1.165, 1.54) is 12.1 Å². The van der Waals surface area contributed by atoms with E-state index in [1.54, 1.807) is 17.8 Å². The van der Waals surface area contributed by atoms with E-state index in [4.69, 9.17) is 10.7 Å². The molecule has 4 aromatic rings. The molecule has 0 bridgehead atoms. The number of benzene rings is 2. The SMILES string of the molecule is CCc1cc(-c2cc(NC(=O)Cc3cccc(C(F)(F)F)c3)nn2C)cc2cnc(NC3CCC(N)CC3)nc12. The summed E-state index contributed by atoms with van der Waals surface area (Å²) in [6, 6.07) is 11.1. The van der Waals surface area contributed by atoms with Crippen molar-refractivity contribution in [3.05, 3.63) is 65.4 Å². The molecule has 1 aliphatic carbocycles. The highest BCUT2D eigenvalue weighted by atomic mass is 19.4. The van der Waals surface area contributed by atoms with Gasteiger partial charge in [0.05, 0.1) is 23.2 Å². The predicted molar refractivity (Wildman–Crippen MR) is 149 cm³/mol. The Hall–Kier alpha value is -3.99. The fourth-order valence-electron chi connectivity index (χ4n) is 5.18. The van der Waals surface area contributed by atoms with E-state index in [0.717, 1.165) is 72.0 Å². The number of nitrogens with zero attached hydrogens (tertiary/aromatic N) is 4. The van der Waals surface area contributed by atoms with E-state index in [9.17, 15) is 18.0 Å². The summed E-state index contributed by atoms with van der Waals surface area (Å²) < 4.78 is 40.7. The molecule has 2 aromatic heterocycles. The van der Waals surface area contributed by atoms with Gasteiger partial charge in [0.2, 0.25) is 11.9 Å². The van der Waals surface area contributed by atoms with Crippen LogP contribution in [-0.4, -0.2) is 37.7 Å². The Morgan fingerprint density at radius 1 is 1.12 bits per heavy atom. The number of fused-ring (bicyclic) bond motifs is 1. The third-order valence-corrected chi connectivity index (χ3v) is 7.31. The fraction of sp³-hybridized carbons (Fsp3) is 0.379. The van der Waals surface area contributed by atoms with E-state index in [-0.39, 0.29) is 18.0 Å². The second-order valence-electron chi connectivity index (χ2n) is 10.3. The Labute approximate surface area is 230 Å². The molecule has 1 aliphatic rings. The quantitative estimate of drug-likeness (QED) is 0.281. The van der Waals surface area contributed by atoms with Crippen LogP contribution in [0, 0.1) is 0 Å². The van der Waals surface area contributed by atoms with E-state index in [0.29, 0.717) is 17.8 Å². The first kappa shape index (κ1) is 27.6. The van der Waals surface area contributed by atoms with Crippen LogP contribution < -0.4 is 16.4 Å². The standard InChI is InChI=1S/C29H32F3N7O/c1-3-18-13-19(14-20-16-34-28(37-27(18)20)35-23-9-7-22(33)8-10-23)24-15-25(38-39(24)2)36-26(40)12-17-5-4-6-21(11-17)29(30,31)32/h4-6,11,13-16,22-23H,3,7-10,12,33H2,1-2H3,(H,34,35,37)(H,36,38,40). The van der Waals surface area contributed by atoms with E-state index < -0.39 is 17.6 Å². The van der Waals surface area contributed by atoms with Crippen LogP contribution in [0.15, 0.2) is 48.7 Å². The maximum Gasteiger partial charge on any atom is 0.416 e. The third kappa shape index (κ3) is 6.25. The maximum atomic E-state index is 13.0. The number of aryl methyl sites for hydroxylation is 2. The highest BCUT2D eigenvalue weighted by Crippen LogP contribution is 2.31. The van der Waals surface area contributed by atoms with Crippen LogP contribution in [0.3, 0.4) is 0 Å². The van der Waals surface area contributed by atoms with Gasteiger partial charge in [-0.1, -0.05) is 25.1 Å². The van der Waals surface area contributed by atoms with Crippen molar-refractivity contribution in [2.75, 3.05) is 10.6 Å². The number of hydrogen-bond donors (Lipinski definition) is 3. The molecule has 1 amide bonds. The molecule has 210 valence electrons. The molecule has 0 spiro atoms. The van der Waals surface area contributed by atoms with Crippen molar-refractivity contribution in [2.45, 2.75) is 63.7 Å². The van der Waals surface area contributed by atoms with Crippen molar-refractivity contribution < 1.29 is 18.0 Å². The average molecular weight is 552 g/mol. The number of carbonyl (C=O) groups is 1. The number of rotatable bonds is 7. The van der Waals surface area contributed by atoms with Gasteiger partial charge in [-0.3, -0.25) is 9.48 Å². The molecular weight excluding hydrogens is 519 g/mol. The molecule has 5 rings (SSSR count). The maximum absolute atomic E-state index is 13.0.